The number of nitrogens with zero attached hydrogens (tertiary/aromatic N) is 2. The van der Waals surface area contributed by atoms with Gasteiger partial charge < -0.3 is 14.8 Å². The molecule has 9 nitrogen and oxygen atoms in total. The van der Waals surface area contributed by atoms with Crippen molar-refractivity contribution >= 4 is 29.8 Å². The van der Waals surface area contributed by atoms with E-state index in [1.165, 1.54) is 25.3 Å². The molecule has 218 valence electrons. The number of carbonyl (C=O) groups is 4. The number of fused-ring (bicyclic) bond motifs is 1. The molecule has 0 aromatic heterocycles. The van der Waals surface area contributed by atoms with Crippen molar-refractivity contribution in [1.82, 2.24) is 10.2 Å². The molecular formula is C35H27N3O6. The van der Waals surface area contributed by atoms with Crippen molar-refractivity contribution in [2.24, 2.45) is 0 Å². The number of ether oxygens (including phenoxy) is 2. The standard InChI is InChI=1S/C35H27N3O6/c1-43-31-20-25(18-26(21-36)32(39)37-22-24-12-6-3-7-13-24)16-17-30(31)44-35(42)29(19-23-10-4-2-5-11-23)38-33(40)27-14-8-9-15-28(27)34(38)41/h2-18,20,29H,19,22H2,1H3,(H,37,39)/b26-18+. The van der Waals surface area contributed by atoms with Crippen molar-refractivity contribution < 1.29 is 28.7 Å². The minimum absolute atomic E-state index is 0.0383. The average molecular weight is 586 g/mol. The SMILES string of the molecule is COc1cc(/C=C(\C#N)C(=O)NCc2ccccc2)ccc1OC(=O)C(Cc1ccccc1)N1C(=O)c2ccccc2C1=O. The van der Waals surface area contributed by atoms with Gasteiger partial charge in [0.1, 0.15) is 17.7 Å². The van der Waals surface area contributed by atoms with Crippen molar-refractivity contribution in [2.45, 2.75) is 19.0 Å². The molecule has 0 fully saturated rings. The monoisotopic (exact) mass is 585 g/mol. The molecule has 5 rings (SSSR count). The summed E-state index contributed by atoms with van der Waals surface area (Å²) in [5, 5.41) is 12.3. The average Bonchev–Trinajstić information content (AvgIpc) is 3.31. The molecule has 1 heterocycles. The number of imide groups is 1. The highest BCUT2D eigenvalue weighted by Crippen LogP contribution is 2.31. The third kappa shape index (κ3) is 6.40. The van der Waals surface area contributed by atoms with Gasteiger partial charge in [0, 0.05) is 13.0 Å². The summed E-state index contributed by atoms with van der Waals surface area (Å²) in [4.78, 5) is 53.8. The predicted molar refractivity (Wildman–Crippen MR) is 161 cm³/mol. The molecule has 0 saturated carbocycles. The highest BCUT2D eigenvalue weighted by atomic mass is 16.6. The first-order valence-electron chi connectivity index (χ1n) is 13.7. The first kappa shape index (κ1) is 29.5. The molecule has 9 heteroatoms. The number of rotatable bonds is 10. The Bertz CT molecular complexity index is 1760. The number of nitrogens with one attached hydrogen (secondary N) is 1. The summed E-state index contributed by atoms with van der Waals surface area (Å²) in [6.07, 6.45) is 1.43. The van der Waals surface area contributed by atoms with Crippen LogP contribution in [0, 0.1) is 11.3 Å². The van der Waals surface area contributed by atoms with Gasteiger partial charge in [-0.3, -0.25) is 19.3 Å². The van der Waals surface area contributed by atoms with Crippen LogP contribution < -0.4 is 14.8 Å². The first-order valence-corrected chi connectivity index (χ1v) is 13.7. The van der Waals surface area contributed by atoms with E-state index in [9.17, 15) is 24.4 Å². The number of amides is 3. The van der Waals surface area contributed by atoms with E-state index in [2.05, 4.69) is 5.32 Å². The van der Waals surface area contributed by atoms with Crippen LogP contribution in [0.3, 0.4) is 0 Å². The summed E-state index contributed by atoms with van der Waals surface area (Å²) in [5.41, 5.74) is 2.39. The second kappa shape index (κ2) is 13.3. The van der Waals surface area contributed by atoms with E-state index in [-0.39, 0.29) is 41.2 Å². The minimum Gasteiger partial charge on any atom is -0.493 e. The van der Waals surface area contributed by atoms with Gasteiger partial charge in [-0.05, 0) is 47.0 Å². The molecule has 1 unspecified atom stereocenters. The summed E-state index contributed by atoms with van der Waals surface area (Å²) in [6, 6.07) is 29.9. The van der Waals surface area contributed by atoms with Gasteiger partial charge in [-0.15, -0.1) is 0 Å². The Morgan fingerprint density at radius 2 is 1.43 bits per heavy atom. The summed E-state index contributed by atoms with van der Waals surface area (Å²) >= 11 is 0. The first-order chi connectivity index (χ1) is 21.4. The van der Waals surface area contributed by atoms with Crippen molar-refractivity contribution in [3.63, 3.8) is 0 Å². The molecule has 3 amide bonds. The van der Waals surface area contributed by atoms with Gasteiger partial charge >= 0.3 is 5.97 Å². The number of esters is 1. The van der Waals surface area contributed by atoms with Crippen LogP contribution in [-0.2, 0) is 22.6 Å². The van der Waals surface area contributed by atoms with Crippen LogP contribution >= 0.6 is 0 Å². The largest absolute Gasteiger partial charge is 0.493 e. The second-order valence-corrected chi connectivity index (χ2v) is 9.90. The third-order valence-corrected chi connectivity index (χ3v) is 7.05. The number of hydrogen-bond donors (Lipinski definition) is 1. The molecule has 0 radical (unpaired) electrons. The van der Waals surface area contributed by atoms with E-state index in [1.807, 2.05) is 42.5 Å². The fraction of sp³-hybridized carbons (Fsp3) is 0.114. The van der Waals surface area contributed by atoms with E-state index >= 15 is 0 Å². The topological polar surface area (TPSA) is 126 Å². The van der Waals surface area contributed by atoms with Gasteiger partial charge in [-0.25, -0.2) is 4.79 Å². The minimum atomic E-state index is -1.26. The molecule has 1 aliphatic rings. The number of carbonyl (C=O) groups excluding carboxylic acids is 4. The van der Waals surface area contributed by atoms with E-state index < -0.39 is 29.7 Å². The number of benzene rings is 4. The highest BCUT2D eigenvalue weighted by Gasteiger charge is 2.43. The molecule has 1 aliphatic heterocycles. The van der Waals surface area contributed by atoms with Gasteiger partial charge in [0.2, 0.25) is 0 Å². The Kier molecular flexibility index (Phi) is 8.92. The quantitative estimate of drug-likeness (QED) is 0.0938. The second-order valence-electron chi connectivity index (χ2n) is 9.90. The summed E-state index contributed by atoms with van der Waals surface area (Å²) < 4.78 is 11.2. The van der Waals surface area contributed by atoms with Gasteiger partial charge in [0.25, 0.3) is 17.7 Å². The molecule has 0 spiro atoms. The van der Waals surface area contributed by atoms with Crippen molar-refractivity contribution in [1.29, 1.82) is 5.26 Å². The van der Waals surface area contributed by atoms with E-state index in [0.717, 1.165) is 16.0 Å². The lowest BCUT2D eigenvalue weighted by Gasteiger charge is -2.25. The maximum Gasteiger partial charge on any atom is 0.335 e. The lowest BCUT2D eigenvalue weighted by molar-refractivity contribution is -0.139. The summed E-state index contributed by atoms with van der Waals surface area (Å²) in [7, 11) is 1.38. The zero-order valence-electron chi connectivity index (χ0n) is 23.7. The van der Waals surface area contributed by atoms with E-state index in [0.29, 0.717) is 5.56 Å². The van der Waals surface area contributed by atoms with Crippen LogP contribution in [0.25, 0.3) is 6.08 Å². The molecule has 4 aromatic carbocycles. The normalized spacial score (nSPS) is 13.1. The van der Waals surface area contributed by atoms with Crippen LogP contribution in [0.15, 0.2) is 109 Å². The van der Waals surface area contributed by atoms with Crippen LogP contribution in [0.4, 0.5) is 0 Å². The van der Waals surface area contributed by atoms with Crippen LogP contribution in [0.1, 0.15) is 37.4 Å². The van der Waals surface area contributed by atoms with Gasteiger partial charge in [-0.1, -0.05) is 78.9 Å². The van der Waals surface area contributed by atoms with Crippen molar-refractivity contribution in [3.05, 3.63) is 137 Å². The lowest BCUT2D eigenvalue weighted by Crippen LogP contribution is -2.48. The Hall–Kier alpha value is -6.01. The Balaban J connectivity index is 1.37. The van der Waals surface area contributed by atoms with Crippen LogP contribution in [-0.4, -0.2) is 41.7 Å². The lowest BCUT2D eigenvalue weighted by atomic mass is 10.0. The van der Waals surface area contributed by atoms with Crippen molar-refractivity contribution in [2.75, 3.05) is 7.11 Å². The Labute approximate surface area is 253 Å². The van der Waals surface area contributed by atoms with E-state index in [1.54, 1.807) is 54.6 Å². The number of hydrogen-bond acceptors (Lipinski definition) is 7. The molecule has 4 aromatic rings. The Morgan fingerprint density at radius 3 is 2.02 bits per heavy atom. The third-order valence-electron chi connectivity index (χ3n) is 7.05. The van der Waals surface area contributed by atoms with Crippen LogP contribution in [0.5, 0.6) is 11.5 Å². The maximum atomic E-state index is 13.7. The number of nitriles is 1. The summed E-state index contributed by atoms with van der Waals surface area (Å²) in [6.45, 7) is 0.258. The van der Waals surface area contributed by atoms with Gasteiger partial charge in [0.05, 0.1) is 18.2 Å². The highest BCUT2D eigenvalue weighted by molar-refractivity contribution is 6.22. The smallest absolute Gasteiger partial charge is 0.335 e. The zero-order valence-corrected chi connectivity index (χ0v) is 23.7. The summed E-state index contributed by atoms with van der Waals surface area (Å²) in [5.74, 6) is -2.35. The molecule has 0 aliphatic carbocycles. The fourth-order valence-corrected chi connectivity index (χ4v) is 4.83. The molecule has 0 bridgehead atoms. The molecule has 1 N–H and O–H groups in total. The van der Waals surface area contributed by atoms with E-state index in [4.69, 9.17) is 9.47 Å². The fourth-order valence-electron chi connectivity index (χ4n) is 4.83. The van der Waals surface area contributed by atoms with Gasteiger partial charge in [-0.2, -0.15) is 5.26 Å². The zero-order chi connectivity index (χ0) is 31.1. The molecular weight excluding hydrogens is 558 g/mol. The number of methoxy groups -OCH3 is 1. The van der Waals surface area contributed by atoms with Gasteiger partial charge in [0.15, 0.2) is 11.5 Å². The van der Waals surface area contributed by atoms with Crippen molar-refractivity contribution in [3.8, 4) is 17.6 Å². The molecule has 44 heavy (non-hydrogen) atoms. The molecule has 1 atom stereocenters. The molecule has 0 saturated heterocycles. The van der Waals surface area contributed by atoms with Crippen LogP contribution in [0.2, 0.25) is 0 Å². The maximum absolute atomic E-state index is 13.7. The predicted octanol–water partition coefficient (Wildman–Crippen LogP) is 4.73. The Morgan fingerprint density at radius 1 is 0.841 bits per heavy atom.